The van der Waals surface area contributed by atoms with Gasteiger partial charge < -0.3 is 10.4 Å². The molecule has 2 unspecified atom stereocenters. The second kappa shape index (κ2) is 5.63. The Labute approximate surface area is 100 Å². The minimum absolute atomic E-state index is 0.261. The SMILES string of the molecule is CC(I)N[C@H]1C[C@@H](C)N(C(C)CO)C1. The van der Waals surface area contributed by atoms with Crippen molar-refractivity contribution < 1.29 is 5.11 Å². The number of hydrogen-bond acceptors (Lipinski definition) is 3. The summed E-state index contributed by atoms with van der Waals surface area (Å²) < 4.78 is 0.522. The van der Waals surface area contributed by atoms with Crippen LogP contribution >= 0.6 is 22.6 Å². The molecule has 0 bridgehead atoms. The van der Waals surface area contributed by atoms with E-state index in [1.807, 2.05) is 0 Å². The Morgan fingerprint density at radius 3 is 2.71 bits per heavy atom. The molecule has 0 spiro atoms. The zero-order chi connectivity index (χ0) is 10.7. The number of nitrogens with one attached hydrogen (secondary N) is 1. The Bertz CT molecular complexity index is 178. The lowest BCUT2D eigenvalue weighted by Gasteiger charge is -2.26. The first-order valence-electron chi connectivity index (χ1n) is 5.31. The number of alkyl halides is 1. The molecule has 0 amide bonds. The molecule has 14 heavy (non-hydrogen) atoms. The van der Waals surface area contributed by atoms with Crippen molar-refractivity contribution >= 4 is 22.6 Å². The van der Waals surface area contributed by atoms with E-state index in [2.05, 4.69) is 53.6 Å². The molecule has 1 aliphatic rings. The quantitative estimate of drug-likeness (QED) is 0.465. The molecule has 2 N–H and O–H groups in total. The molecule has 0 aromatic rings. The molecule has 0 aromatic heterocycles. The number of nitrogens with zero attached hydrogens (tertiary/aromatic N) is 1. The van der Waals surface area contributed by atoms with Crippen LogP contribution < -0.4 is 5.32 Å². The molecule has 4 atom stereocenters. The third-order valence-corrected chi connectivity index (χ3v) is 3.28. The number of aliphatic hydroxyl groups excluding tert-OH is 1. The molecular weight excluding hydrogens is 291 g/mol. The third kappa shape index (κ3) is 3.32. The van der Waals surface area contributed by atoms with Crippen molar-refractivity contribution in [3.05, 3.63) is 0 Å². The Hall–Kier alpha value is 0.610. The zero-order valence-corrected chi connectivity index (χ0v) is 11.4. The molecule has 0 saturated carbocycles. The van der Waals surface area contributed by atoms with Gasteiger partial charge in [0.05, 0.1) is 10.7 Å². The molecule has 0 aromatic carbocycles. The Morgan fingerprint density at radius 2 is 2.21 bits per heavy atom. The summed E-state index contributed by atoms with van der Waals surface area (Å²) >= 11 is 2.39. The second-order valence-corrected chi connectivity index (χ2v) is 6.16. The van der Waals surface area contributed by atoms with Gasteiger partial charge in [-0.1, -0.05) is 22.6 Å². The second-order valence-electron chi connectivity index (χ2n) is 4.29. The summed E-state index contributed by atoms with van der Waals surface area (Å²) in [6, 6.07) is 1.47. The van der Waals surface area contributed by atoms with Crippen molar-refractivity contribution in [2.24, 2.45) is 0 Å². The predicted molar refractivity (Wildman–Crippen MR) is 67.7 cm³/mol. The van der Waals surface area contributed by atoms with E-state index < -0.39 is 0 Å². The van der Waals surface area contributed by atoms with Gasteiger partial charge in [-0.3, -0.25) is 4.90 Å². The topological polar surface area (TPSA) is 35.5 Å². The van der Waals surface area contributed by atoms with Crippen molar-refractivity contribution in [1.82, 2.24) is 10.2 Å². The van der Waals surface area contributed by atoms with Gasteiger partial charge in [0.15, 0.2) is 0 Å². The van der Waals surface area contributed by atoms with Gasteiger partial charge in [0, 0.05) is 24.7 Å². The molecule has 1 aliphatic heterocycles. The van der Waals surface area contributed by atoms with E-state index in [0.717, 1.165) is 6.54 Å². The van der Waals surface area contributed by atoms with Crippen LogP contribution in [0.1, 0.15) is 27.2 Å². The molecular formula is C10H21IN2O. The van der Waals surface area contributed by atoms with Crippen molar-refractivity contribution in [2.75, 3.05) is 13.2 Å². The first-order valence-corrected chi connectivity index (χ1v) is 6.56. The molecule has 1 saturated heterocycles. The summed E-state index contributed by atoms with van der Waals surface area (Å²) in [6.45, 7) is 7.83. The van der Waals surface area contributed by atoms with E-state index in [-0.39, 0.29) is 6.61 Å². The number of hydrogen-bond donors (Lipinski definition) is 2. The van der Waals surface area contributed by atoms with Crippen molar-refractivity contribution in [2.45, 2.75) is 49.4 Å². The summed E-state index contributed by atoms with van der Waals surface area (Å²) in [6.07, 6.45) is 1.19. The van der Waals surface area contributed by atoms with Gasteiger partial charge in [-0.25, -0.2) is 0 Å². The molecule has 4 heteroatoms. The minimum Gasteiger partial charge on any atom is -0.395 e. The van der Waals surface area contributed by atoms with E-state index >= 15 is 0 Å². The summed E-state index contributed by atoms with van der Waals surface area (Å²) in [4.78, 5) is 2.39. The van der Waals surface area contributed by atoms with Gasteiger partial charge in [0.2, 0.25) is 0 Å². The van der Waals surface area contributed by atoms with Gasteiger partial charge in [-0.15, -0.1) is 0 Å². The first-order chi connectivity index (χ1) is 6.54. The third-order valence-electron chi connectivity index (χ3n) is 2.92. The van der Waals surface area contributed by atoms with Gasteiger partial charge in [-0.2, -0.15) is 0 Å². The van der Waals surface area contributed by atoms with Crippen LogP contribution in [0.4, 0.5) is 0 Å². The monoisotopic (exact) mass is 312 g/mol. The highest BCUT2D eigenvalue weighted by Crippen LogP contribution is 2.20. The number of rotatable bonds is 4. The maximum absolute atomic E-state index is 9.12. The average molecular weight is 312 g/mol. The van der Waals surface area contributed by atoms with Gasteiger partial charge in [-0.05, 0) is 27.2 Å². The van der Waals surface area contributed by atoms with Crippen LogP contribution in [0.5, 0.6) is 0 Å². The van der Waals surface area contributed by atoms with Crippen LogP contribution in [0.2, 0.25) is 0 Å². The van der Waals surface area contributed by atoms with Crippen LogP contribution in [0.25, 0.3) is 0 Å². The van der Waals surface area contributed by atoms with Gasteiger partial charge in [0.1, 0.15) is 0 Å². The predicted octanol–water partition coefficient (Wildman–Crippen LogP) is 1.20. The standard InChI is InChI=1S/C10H21IN2O/c1-7-4-10(12-9(3)11)5-13(7)8(2)6-14/h7-10,12,14H,4-6H2,1-3H3/t7-,8?,9?,10+/m1/s1. The van der Waals surface area contributed by atoms with E-state index in [4.69, 9.17) is 5.11 Å². The molecule has 3 nitrogen and oxygen atoms in total. The summed E-state index contributed by atoms with van der Waals surface area (Å²) in [7, 11) is 0. The smallest absolute Gasteiger partial charge is 0.0584 e. The van der Waals surface area contributed by atoms with Gasteiger partial charge in [0.25, 0.3) is 0 Å². The highest BCUT2D eigenvalue weighted by atomic mass is 127. The molecule has 1 heterocycles. The van der Waals surface area contributed by atoms with Crippen molar-refractivity contribution in [1.29, 1.82) is 0 Å². The zero-order valence-electron chi connectivity index (χ0n) is 9.20. The number of aliphatic hydroxyl groups is 1. The first kappa shape index (κ1) is 12.7. The molecule has 84 valence electrons. The van der Waals surface area contributed by atoms with E-state index in [9.17, 15) is 0 Å². The average Bonchev–Trinajstić information content (AvgIpc) is 2.44. The Morgan fingerprint density at radius 1 is 1.57 bits per heavy atom. The van der Waals surface area contributed by atoms with Crippen LogP contribution in [0.3, 0.4) is 0 Å². The lowest BCUT2D eigenvalue weighted by atomic mass is 10.2. The molecule has 1 fully saturated rings. The molecule has 1 rings (SSSR count). The fraction of sp³-hybridized carbons (Fsp3) is 1.00. The molecule has 0 aliphatic carbocycles. The van der Waals surface area contributed by atoms with Crippen molar-refractivity contribution in [3.63, 3.8) is 0 Å². The minimum atomic E-state index is 0.261. The maximum Gasteiger partial charge on any atom is 0.0584 e. The van der Waals surface area contributed by atoms with Gasteiger partial charge >= 0.3 is 0 Å². The largest absolute Gasteiger partial charge is 0.395 e. The van der Waals surface area contributed by atoms with Crippen LogP contribution in [0.15, 0.2) is 0 Å². The lowest BCUT2D eigenvalue weighted by molar-refractivity contribution is 0.128. The summed E-state index contributed by atoms with van der Waals surface area (Å²) in [5, 5.41) is 12.7. The Balaban J connectivity index is 2.43. The number of halogens is 1. The van der Waals surface area contributed by atoms with Crippen LogP contribution in [-0.4, -0.2) is 45.3 Å². The lowest BCUT2D eigenvalue weighted by Crippen LogP contribution is -2.40. The van der Waals surface area contributed by atoms with E-state index in [0.29, 0.717) is 22.2 Å². The fourth-order valence-corrected chi connectivity index (χ4v) is 2.73. The van der Waals surface area contributed by atoms with E-state index in [1.54, 1.807) is 0 Å². The Kier molecular flexibility index (Phi) is 5.10. The normalized spacial score (nSPS) is 33.2. The van der Waals surface area contributed by atoms with Crippen molar-refractivity contribution in [3.8, 4) is 0 Å². The molecule has 0 radical (unpaired) electrons. The van der Waals surface area contributed by atoms with Crippen LogP contribution in [0, 0.1) is 0 Å². The highest BCUT2D eigenvalue weighted by Gasteiger charge is 2.31. The van der Waals surface area contributed by atoms with E-state index in [1.165, 1.54) is 6.42 Å². The summed E-state index contributed by atoms with van der Waals surface area (Å²) in [5.41, 5.74) is 0. The highest BCUT2D eigenvalue weighted by molar-refractivity contribution is 14.1. The summed E-state index contributed by atoms with van der Waals surface area (Å²) in [5.74, 6) is 0. The maximum atomic E-state index is 9.12. The van der Waals surface area contributed by atoms with Crippen LogP contribution in [-0.2, 0) is 0 Å². The number of likely N-dealkylation sites (tertiary alicyclic amines) is 1. The fourth-order valence-electron chi connectivity index (χ4n) is 2.22.